The van der Waals surface area contributed by atoms with Gasteiger partial charge in [0.15, 0.2) is 0 Å². The number of hydrogen-bond donors (Lipinski definition) is 1. The fourth-order valence-electron chi connectivity index (χ4n) is 3.00. The average molecular weight is 314 g/mol. The lowest BCUT2D eigenvalue weighted by atomic mass is 9.87. The molecule has 1 aliphatic carbocycles. The van der Waals surface area contributed by atoms with E-state index in [4.69, 9.17) is 0 Å². The molecule has 4 heteroatoms. The van der Waals surface area contributed by atoms with Gasteiger partial charge in [-0.05, 0) is 48.9 Å². The molecule has 1 unspecified atom stereocenters. The number of thiophene rings is 1. The van der Waals surface area contributed by atoms with Gasteiger partial charge in [-0.25, -0.2) is 0 Å². The van der Waals surface area contributed by atoms with Crippen molar-refractivity contribution < 1.29 is 4.79 Å². The smallest absolute Gasteiger partial charge is 0.261 e. The Balaban J connectivity index is 1.56. The molecule has 1 N–H and O–H groups in total. The van der Waals surface area contributed by atoms with Crippen LogP contribution in [0, 0.1) is 5.92 Å². The summed E-state index contributed by atoms with van der Waals surface area (Å²) in [5, 5.41) is 3.01. The first-order chi connectivity index (χ1) is 10.8. The minimum Gasteiger partial charge on any atom is -0.351 e. The second-order valence-electron chi connectivity index (χ2n) is 5.90. The number of amides is 1. The van der Waals surface area contributed by atoms with Crippen LogP contribution in [-0.2, 0) is 19.3 Å². The molecule has 116 valence electrons. The summed E-state index contributed by atoms with van der Waals surface area (Å²) in [6, 6.07) is 7.97. The lowest BCUT2D eigenvalue weighted by molar-refractivity contribution is 0.0958. The monoisotopic (exact) mass is 314 g/mol. The highest BCUT2D eigenvalue weighted by molar-refractivity contribution is 7.14. The molecule has 0 spiro atoms. The maximum Gasteiger partial charge on any atom is 0.261 e. The van der Waals surface area contributed by atoms with E-state index < -0.39 is 0 Å². The minimum absolute atomic E-state index is 0.0587. The van der Waals surface area contributed by atoms with Gasteiger partial charge in [0.1, 0.15) is 0 Å². The van der Waals surface area contributed by atoms with Gasteiger partial charge in [-0.15, -0.1) is 11.3 Å². The quantitative estimate of drug-likeness (QED) is 0.915. The third-order valence-corrected chi connectivity index (χ3v) is 5.61. The third kappa shape index (κ3) is 3.55. The van der Waals surface area contributed by atoms with E-state index in [2.05, 4.69) is 23.3 Å². The Kier molecular flexibility index (Phi) is 4.88. The van der Waals surface area contributed by atoms with Crippen LogP contribution in [0.2, 0.25) is 0 Å². The van der Waals surface area contributed by atoms with Crippen LogP contribution >= 0.6 is 11.3 Å². The van der Waals surface area contributed by atoms with Crippen LogP contribution in [0.1, 0.15) is 45.6 Å². The van der Waals surface area contributed by atoms with E-state index in [1.807, 2.05) is 18.2 Å². The summed E-state index contributed by atoms with van der Waals surface area (Å²) in [5.41, 5.74) is 2.41. The molecule has 22 heavy (non-hydrogen) atoms. The molecule has 1 aliphatic rings. The van der Waals surface area contributed by atoms with Gasteiger partial charge in [0, 0.05) is 29.7 Å². The van der Waals surface area contributed by atoms with Gasteiger partial charge in [-0.3, -0.25) is 9.78 Å². The summed E-state index contributed by atoms with van der Waals surface area (Å²) in [5.74, 6) is 0.852. The van der Waals surface area contributed by atoms with Gasteiger partial charge in [-0.2, -0.15) is 0 Å². The lowest BCUT2D eigenvalue weighted by Crippen LogP contribution is -2.25. The molecule has 0 bridgehead atoms. The van der Waals surface area contributed by atoms with Crippen molar-refractivity contribution in [3.63, 3.8) is 0 Å². The van der Waals surface area contributed by atoms with Crippen molar-refractivity contribution in [1.82, 2.24) is 10.3 Å². The molecular weight excluding hydrogens is 292 g/mol. The van der Waals surface area contributed by atoms with E-state index in [1.54, 1.807) is 17.5 Å². The van der Waals surface area contributed by atoms with Gasteiger partial charge >= 0.3 is 0 Å². The van der Waals surface area contributed by atoms with Crippen molar-refractivity contribution in [2.75, 3.05) is 6.54 Å². The molecular formula is C18H22N2OS. The fourth-order valence-corrected chi connectivity index (χ4v) is 4.12. The number of aromatic nitrogens is 1. The second-order valence-corrected chi connectivity index (χ2v) is 7.04. The first kappa shape index (κ1) is 15.2. The van der Waals surface area contributed by atoms with Crippen molar-refractivity contribution in [2.45, 2.75) is 39.0 Å². The largest absolute Gasteiger partial charge is 0.351 e. The third-order valence-electron chi connectivity index (χ3n) is 4.38. The van der Waals surface area contributed by atoms with Crippen LogP contribution in [0.3, 0.4) is 0 Å². The molecule has 2 aromatic heterocycles. The highest BCUT2D eigenvalue weighted by Gasteiger charge is 2.21. The standard InChI is InChI=1S/C18H22N2OS/c1-2-13-6-7-16-14(11-13)12-17(22-16)18(21)20-10-8-15-5-3-4-9-19-15/h3-5,9,12-13H,2,6-8,10-11H2,1H3,(H,20,21). The molecule has 2 aromatic rings. The van der Waals surface area contributed by atoms with E-state index in [0.717, 1.165) is 35.8 Å². The van der Waals surface area contributed by atoms with Crippen molar-refractivity contribution >= 4 is 17.2 Å². The second kappa shape index (κ2) is 7.05. The molecule has 0 radical (unpaired) electrons. The molecule has 1 atom stereocenters. The van der Waals surface area contributed by atoms with Gasteiger partial charge in [0.2, 0.25) is 0 Å². The Hall–Kier alpha value is -1.68. The molecule has 1 amide bonds. The lowest BCUT2D eigenvalue weighted by Gasteiger charge is -2.19. The molecule has 0 aromatic carbocycles. The number of nitrogens with one attached hydrogen (secondary N) is 1. The van der Waals surface area contributed by atoms with E-state index in [-0.39, 0.29) is 5.91 Å². The fraction of sp³-hybridized carbons (Fsp3) is 0.444. The number of pyridine rings is 1. The number of carbonyl (C=O) groups excluding carboxylic acids is 1. The van der Waals surface area contributed by atoms with Crippen molar-refractivity contribution in [3.8, 4) is 0 Å². The summed E-state index contributed by atoms with van der Waals surface area (Å²) < 4.78 is 0. The summed E-state index contributed by atoms with van der Waals surface area (Å²) >= 11 is 1.67. The van der Waals surface area contributed by atoms with Crippen molar-refractivity contribution in [1.29, 1.82) is 0 Å². The molecule has 0 saturated heterocycles. The number of fused-ring (bicyclic) bond motifs is 1. The van der Waals surface area contributed by atoms with E-state index in [0.29, 0.717) is 6.54 Å². The molecule has 0 saturated carbocycles. The average Bonchev–Trinajstić information content (AvgIpc) is 2.99. The SMILES string of the molecule is CCC1CCc2sc(C(=O)NCCc3ccccn3)cc2C1. The van der Waals surface area contributed by atoms with Crippen LogP contribution < -0.4 is 5.32 Å². The molecule has 0 aliphatic heterocycles. The predicted octanol–water partition coefficient (Wildman–Crippen LogP) is 3.63. The van der Waals surface area contributed by atoms with Crippen molar-refractivity contribution in [2.24, 2.45) is 5.92 Å². The highest BCUT2D eigenvalue weighted by atomic mass is 32.1. The zero-order valence-corrected chi connectivity index (χ0v) is 13.8. The Morgan fingerprint density at radius 2 is 2.36 bits per heavy atom. The predicted molar refractivity (Wildman–Crippen MR) is 90.4 cm³/mol. The molecule has 3 rings (SSSR count). The zero-order valence-electron chi connectivity index (χ0n) is 13.0. The Morgan fingerprint density at radius 3 is 3.14 bits per heavy atom. The van der Waals surface area contributed by atoms with Gasteiger partial charge in [0.25, 0.3) is 5.91 Å². The molecule has 2 heterocycles. The molecule has 3 nitrogen and oxygen atoms in total. The van der Waals surface area contributed by atoms with Gasteiger partial charge < -0.3 is 5.32 Å². The maximum atomic E-state index is 12.3. The summed E-state index contributed by atoms with van der Waals surface area (Å²) in [6.45, 7) is 2.89. The summed E-state index contributed by atoms with van der Waals surface area (Å²) in [6.07, 6.45) is 7.35. The van der Waals surface area contributed by atoms with Crippen LogP contribution in [0.5, 0.6) is 0 Å². The Labute approximate surface area is 135 Å². The summed E-state index contributed by atoms with van der Waals surface area (Å²) in [7, 11) is 0. The first-order valence-corrected chi connectivity index (χ1v) is 8.87. The van der Waals surface area contributed by atoms with Crippen molar-refractivity contribution in [3.05, 3.63) is 51.5 Å². The number of nitrogens with zero attached hydrogens (tertiary/aromatic N) is 1. The van der Waals surface area contributed by atoms with E-state index in [9.17, 15) is 4.79 Å². The van der Waals surface area contributed by atoms with Crippen LogP contribution in [-0.4, -0.2) is 17.4 Å². The van der Waals surface area contributed by atoms with Crippen LogP contribution in [0.15, 0.2) is 30.5 Å². The first-order valence-electron chi connectivity index (χ1n) is 8.06. The van der Waals surface area contributed by atoms with Crippen LogP contribution in [0.4, 0.5) is 0 Å². The summed E-state index contributed by atoms with van der Waals surface area (Å²) in [4.78, 5) is 18.8. The highest BCUT2D eigenvalue weighted by Crippen LogP contribution is 2.33. The van der Waals surface area contributed by atoms with E-state index >= 15 is 0 Å². The zero-order chi connectivity index (χ0) is 15.4. The van der Waals surface area contributed by atoms with Gasteiger partial charge in [-0.1, -0.05) is 19.4 Å². The number of rotatable bonds is 5. The van der Waals surface area contributed by atoms with E-state index in [1.165, 1.54) is 23.3 Å². The normalized spacial score (nSPS) is 17.0. The molecule has 0 fully saturated rings. The van der Waals surface area contributed by atoms with Gasteiger partial charge in [0.05, 0.1) is 4.88 Å². The topological polar surface area (TPSA) is 42.0 Å². The Morgan fingerprint density at radius 1 is 1.45 bits per heavy atom. The minimum atomic E-state index is 0.0587. The number of hydrogen-bond acceptors (Lipinski definition) is 3. The van der Waals surface area contributed by atoms with Crippen LogP contribution in [0.25, 0.3) is 0 Å². The number of carbonyl (C=O) groups is 1. The number of aryl methyl sites for hydroxylation is 1. The maximum absolute atomic E-state index is 12.3. The Bertz CT molecular complexity index is 636.